The minimum Gasteiger partial charge on any atom is -0.444 e. The summed E-state index contributed by atoms with van der Waals surface area (Å²) < 4.78 is 5.31. The molecule has 1 fully saturated rings. The van der Waals surface area contributed by atoms with Crippen molar-refractivity contribution in [2.45, 2.75) is 77.6 Å². The first kappa shape index (κ1) is 27.7. The predicted molar refractivity (Wildman–Crippen MR) is 141 cm³/mol. The van der Waals surface area contributed by atoms with Gasteiger partial charge in [-0.25, -0.2) is 4.79 Å². The molecule has 37 heavy (non-hydrogen) atoms. The van der Waals surface area contributed by atoms with E-state index in [1.807, 2.05) is 56.3 Å². The molecule has 2 aromatic rings. The van der Waals surface area contributed by atoms with Gasteiger partial charge in [-0.1, -0.05) is 42.5 Å². The Kier molecular flexibility index (Phi) is 8.57. The Morgan fingerprint density at radius 2 is 1.59 bits per heavy atom. The van der Waals surface area contributed by atoms with Gasteiger partial charge in [-0.15, -0.1) is 0 Å². The number of nitrogens with one attached hydrogen (secondary N) is 2. The molecule has 3 rings (SSSR count). The number of alkyl carbamates (subject to hydrolysis) is 1. The van der Waals surface area contributed by atoms with Crippen molar-refractivity contribution in [3.05, 3.63) is 65.2 Å². The summed E-state index contributed by atoms with van der Waals surface area (Å²) in [7, 11) is 0. The smallest absolute Gasteiger partial charge is 0.408 e. The molecule has 1 aliphatic rings. The second kappa shape index (κ2) is 11.5. The summed E-state index contributed by atoms with van der Waals surface area (Å²) in [5.74, 6) is -1.72. The summed E-state index contributed by atoms with van der Waals surface area (Å²) in [5.41, 5.74) is 7.63. The number of carbonyl (C=O) groups excluding carboxylic acids is 4. The van der Waals surface area contributed by atoms with Gasteiger partial charge < -0.3 is 26.0 Å². The van der Waals surface area contributed by atoms with E-state index >= 15 is 0 Å². The SMILES string of the molecule is Cc1ccccc1NC(=O)C(c1ccccc1C)N(C(=O)C(CC(N)=O)NC(=O)OC(C)(C)C)C1CC1. The Morgan fingerprint density at radius 3 is 2.14 bits per heavy atom. The lowest BCUT2D eigenvalue weighted by molar-refractivity contribution is -0.142. The molecule has 9 nitrogen and oxygen atoms in total. The summed E-state index contributed by atoms with van der Waals surface area (Å²) in [6.45, 7) is 8.84. The van der Waals surface area contributed by atoms with Gasteiger partial charge in [-0.05, 0) is 70.2 Å². The monoisotopic (exact) mass is 508 g/mol. The summed E-state index contributed by atoms with van der Waals surface area (Å²) in [6, 6.07) is 12.2. The molecule has 9 heteroatoms. The third kappa shape index (κ3) is 7.55. The van der Waals surface area contributed by atoms with Crippen LogP contribution in [0.2, 0.25) is 0 Å². The van der Waals surface area contributed by atoms with Gasteiger partial charge in [0.15, 0.2) is 0 Å². The number of nitrogens with zero attached hydrogens (tertiary/aromatic N) is 1. The maximum atomic E-state index is 14.0. The number of aryl methyl sites for hydroxylation is 2. The van der Waals surface area contributed by atoms with Crippen LogP contribution >= 0.6 is 0 Å². The number of amides is 4. The van der Waals surface area contributed by atoms with E-state index in [9.17, 15) is 19.2 Å². The minimum atomic E-state index is -1.29. The van der Waals surface area contributed by atoms with Crippen LogP contribution < -0.4 is 16.4 Å². The van der Waals surface area contributed by atoms with Gasteiger partial charge in [0.05, 0.1) is 6.42 Å². The van der Waals surface area contributed by atoms with Crippen LogP contribution in [0.15, 0.2) is 48.5 Å². The fourth-order valence-corrected chi connectivity index (χ4v) is 4.13. The molecular formula is C28H36N4O5. The predicted octanol–water partition coefficient (Wildman–Crippen LogP) is 3.74. The fraction of sp³-hybridized carbons (Fsp3) is 0.429. The second-order valence-corrected chi connectivity index (χ2v) is 10.4. The minimum absolute atomic E-state index is 0.226. The van der Waals surface area contributed by atoms with Crippen LogP contribution in [-0.2, 0) is 19.1 Å². The molecule has 2 atom stereocenters. The third-order valence-corrected chi connectivity index (χ3v) is 6.00. The molecule has 0 spiro atoms. The molecule has 0 radical (unpaired) electrons. The van der Waals surface area contributed by atoms with Crippen molar-refractivity contribution < 1.29 is 23.9 Å². The Balaban J connectivity index is 2.01. The van der Waals surface area contributed by atoms with E-state index in [0.29, 0.717) is 24.1 Å². The average molecular weight is 509 g/mol. The number of primary amides is 1. The summed E-state index contributed by atoms with van der Waals surface area (Å²) >= 11 is 0. The van der Waals surface area contributed by atoms with Crippen molar-refractivity contribution in [1.29, 1.82) is 0 Å². The lowest BCUT2D eigenvalue weighted by Crippen LogP contribution is -2.54. The van der Waals surface area contributed by atoms with Gasteiger partial charge in [-0.3, -0.25) is 14.4 Å². The maximum Gasteiger partial charge on any atom is 0.408 e. The highest BCUT2D eigenvalue weighted by atomic mass is 16.6. The Morgan fingerprint density at radius 1 is 1.00 bits per heavy atom. The molecular weight excluding hydrogens is 472 g/mol. The number of carbonyl (C=O) groups is 4. The van der Waals surface area contributed by atoms with Crippen molar-refractivity contribution in [3.8, 4) is 0 Å². The number of anilines is 1. The summed E-state index contributed by atoms with van der Waals surface area (Å²) in [4.78, 5) is 53.7. The van der Waals surface area contributed by atoms with Crippen LogP contribution in [-0.4, -0.2) is 46.4 Å². The van der Waals surface area contributed by atoms with Crippen molar-refractivity contribution in [2.24, 2.45) is 5.73 Å². The van der Waals surface area contributed by atoms with E-state index < -0.39 is 42.0 Å². The molecule has 2 unspecified atom stereocenters. The van der Waals surface area contributed by atoms with Crippen molar-refractivity contribution in [2.75, 3.05) is 5.32 Å². The molecule has 198 valence electrons. The second-order valence-electron chi connectivity index (χ2n) is 10.4. The van der Waals surface area contributed by atoms with Crippen LogP contribution in [0.1, 0.15) is 62.8 Å². The number of hydrogen-bond acceptors (Lipinski definition) is 5. The van der Waals surface area contributed by atoms with E-state index in [4.69, 9.17) is 10.5 Å². The van der Waals surface area contributed by atoms with Gasteiger partial charge in [0, 0.05) is 11.7 Å². The van der Waals surface area contributed by atoms with Gasteiger partial charge in [0.2, 0.25) is 11.8 Å². The summed E-state index contributed by atoms with van der Waals surface area (Å²) in [5, 5.41) is 5.47. The first-order chi connectivity index (χ1) is 17.4. The molecule has 4 amide bonds. The molecule has 1 saturated carbocycles. The van der Waals surface area contributed by atoms with Gasteiger partial charge in [0.25, 0.3) is 5.91 Å². The van der Waals surface area contributed by atoms with E-state index in [2.05, 4.69) is 10.6 Å². The zero-order valence-corrected chi connectivity index (χ0v) is 22.0. The highest BCUT2D eigenvalue weighted by Gasteiger charge is 2.44. The van der Waals surface area contributed by atoms with Gasteiger partial charge in [-0.2, -0.15) is 0 Å². The van der Waals surface area contributed by atoms with E-state index in [1.165, 1.54) is 4.90 Å². The van der Waals surface area contributed by atoms with Crippen LogP contribution in [0.3, 0.4) is 0 Å². The molecule has 4 N–H and O–H groups in total. The fourth-order valence-electron chi connectivity index (χ4n) is 4.13. The molecule has 0 aromatic heterocycles. The number of hydrogen-bond donors (Lipinski definition) is 3. The van der Waals surface area contributed by atoms with Crippen LogP contribution in [0, 0.1) is 13.8 Å². The quantitative estimate of drug-likeness (QED) is 0.475. The molecule has 0 bridgehead atoms. The first-order valence-corrected chi connectivity index (χ1v) is 12.4. The van der Waals surface area contributed by atoms with Crippen LogP contribution in [0.4, 0.5) is 10.5 Å². The lowest BCUT2D eigenvalue weighted by atomic mass is 9.97. The third-order valence-electron chi connectivity index (χ3n) is 6.00. The van der Waals surface area contributed by atoms with Crippen LogP contribution in [0.5, 0.6) is 0 Å². The normalized spacial score (nSPS) is 14.7. The van der Waals surface area contributed by atoms with E-state index in [1.54, 1.807) is 26.8 Å². The Bertz CT molecular complexity index is 1170. The summed E-state index contributed by atoms with van der Waals surface area (Å²) in [6.07, 6.45) is 0.115. The Labute approximate surface area is 217 Å². The van der Waals surface area contributed by atoms with Crippen molar-refractivity contribution in [3.63, 3.8) is 0 Å². The first-order valence-electron chi connectivity index (χ1n) is 12.4. The topological polar surface area (TPSA) is 131 Å². The maximum absolute atomic E-state index is 14.0. The highest BCUT2D eigenvalue weighted by Crippen LogP contribution is 2.37. The van der Waals surface area contributed by atoms with Crippen molar-refractivity contribution >= 4 is 29.5 Å². The average Bonchev–Trinajstić information content (AvgIpc) is 3.62. The number of para-hydroxylation sites is 1. The number of rotatable bonds is 9. The number of nitrogens with two attached hydrogens (primary N) is 1. The van der Waals surface area contributed by atoms with E-state index in [0.717, 1.165) is 11.1 Å². The van der Waals surface area contributed by atoms with Gasteiger partial charge >= 0.3 is 6.09 Å². The van der Waals surface area contributed by atoms with Crippen LogP contribution in [0.25, 0.3) is 0 Å². The zero-order chi connectivity index (χ0) is 27.3. The van der Waals surface area contributed by atoms with Gasteiger partial charge in [0.1, 0.15) is 17.7 Å². The Hall–Kier alpha value is -3.88. The molecule has 1 aliphatic carbocycles. The largest absolute Gasteiger partial charge is 0.444 e. The van der Waals surface area contributed by atoms with Crippen molar-refractivity contribution in [1.82, 2.24) is 10.2 Å². The molecule has 0 heterocycles. The number of benzene rings is 2. The molecule has 2 aromatic carbocycles. The highest BCUT2D eigenvalue weighted by molar-refractivity contribution is 6.00. The van der Waals surface area contributed by atoms with E-state index in [-0.39, 0.29) is 11.9 Å². The number of ether oxygens (including phenoxy) is 1. The molecule has 0 aliphatic heterocycles. The molecule has 0 saturated heterocycles. The lowest BCUT2D eigenvalue weighted by Gasteiger charge is -2.35. The standard InChI is InChI=1S/C28H36N4O5/c1-17-10-6-8-12-20(17)24(25(34)30-21-13-9-7-11-18(21)2)32(19-14-15-19)26(35)22(16-23(29)33)31-27(36)37-28(3,4)5/h6-13,19,22,24H,14-16H2,1-5H3,(H2,29,33)(H,30,34)(H,31,36). The zero-order valence-electron chi connectivity index (χ0n) is 22.0.